The lowest BCUT2D eigenvalue weighted by molar-refractivity contribution is -0.156. The third-order valence-corrected chi connectivity index (χ3v) is 4.16. The second-order valence-electron chi connectivity index (χ2n) is 6.20. The monoisotopic (exact) mass is 345 g/mol. The summed E-state index contributed by atoms with van der Waals surface area (Å²) in [5.74, 6) is -0.668. The summed E-state index contributed by atoms with van der Waals surface area (Å²) in [5.41, 5.74) is 1.30. The maximum atomic E-state index is 12.0. The Morgan fingerprint density at radius 1 is 1.20 bits per heavy atom. The van der Waals surface area contributed by atoms with Crippen molar-refractivity contribution < 1.29 is 14.3 Å². The molecule has 0 aromatic heterocycles. The lowest BCUT2D eigenvalue weighted by Crippen LogP contribution is -2.48. The third-order valence-electron chi connectivity index (χ3n) is 4.16. The number of carbonyl (C=O) groups is 2. The minimum atomic E-state index is -0.785. The molecular weight excluding hydrogens is 318 g/mol. The van der Waals surface area contributed by atoms with E-state index in [-0.39, 0.29) is 18.4 Å². The fraction of sp³-hybridized carbons (Fsp3) is 0.474. The van der Waals surface area contributed by atoms with E-state index in [1.807, 2.05) is 18.2 Å². The molecule has 0 radical (unpaired) electrons. The number of ether oxygens (including phenoxy) is 1. The van der Waals surface area contributed by atoms with Crippen molar-refractivity contribution in [3.8, 4) is 0 Å². The molecule has 6 nitrogen and oxygen atoms in total. The van der Waals surface area contributed by atoms with Gasteiger partial charge in [0.2, 0.25) is 0 Å². The average Bonchev–Trinajstić information content (AvgIpc) is 2.62. The van der Waals surface area contributed by atoms with E-state index in [0.717, 1.165) is 32.7 Å². The minimum Gasteiger partial charge on any atom is -0.452 e. The Morgan fingerprint density at radius 2 is 1.84 bits per heavy atom. The molecule has 1 aliphatic rings. The van der Waals surface area contributed by atoms with Crippen molar-refractivity contribution in [3.63, 3.8) is 0 Å². The second-order valence-corrected chi connectivity index (χ2v) is 6.20. The lowest BCUT2D eigenvalue weighted by Gasteiger charge is -2.34. The van der Waals surface area contributed by atoms with E-state index in [0.29, 0.717) is 6.54 Å². The maximum Gasteiger partial charge on any atom is 0.320 e. The molecule has 1 fully saturated rings. The lowest BCUT2D eigenvalue weighted by atomic mass is 10.2. The van der Waals surface area contributed by atoms with Gasteiger partial charge in [-0.05, 0) is 12.5 Å². The molecule has 6 heteroatoms. The van der Waals surface area contributed by atoms with Crippen molar-refractivity contribution in [2.45, 2.75) is 19.6 Å². The molecule has 2 rings (SSSR count). The molecule has 0 spiro atoms. The quantitative estimate of drug-likeness (QED) is 0.563. The first-order valence-corrected chi connectivity index (χ1v) is 8.65. The molecule has 1 amide bonds. The van der Waals surface area contributed by atoms with E-state index < -0.39 is 6.10 Å². The van der Waals surface area contributed by atoms with Gasteiger partial charge in [0.15, 0.2) is 6.10 Å². The van der Waals surface area contributed by atoms with E-state index >= 15 is 0 Å². The Morgan fingerprint density at radius 3 is 2.48 bits per heavy atom. The van der Waals surface area contributed by atoms with Crippen LogP contribution in [0.5, 0.6) is 0 Å². The summed E-state index contributed by atoms with van der Waals surface area (Å²) < 4.78 is 5.19. The van der Waals surface area contributed by atoms with Crippen LogP contribution in [-0.4, -0.2) is 67.0 Å². The van der Waals surface area contributed by atoms with Crippen molar-refractivity contribution in [1.29, 1.82) is 0 Å². The summed E-state index contributed by atoms with van der Waals surface area (Å²) in [6.07, 6.45) is 0.799. The molecule has 1 aromatic rings. The maximum absolute atomic E-state index is 12.0. The Bertz CT molecular complexity index is 569. The SMILES string of the molecule is C=CCNC(=O)[C@@H](C)OC(=O)CN1CCN(Cc2ccccc2)CC1. The highest BCUT2D eigenvalue weighted by molar-refractivity contribution is 5.83. The van der Waals surface area contributed by atoms with Gasteiger partial charge >= 0.3 is 5.97 Å². The number of nitrogens with one attached hydrogen (secondary N) is 1. The highest BCUT2D eigenvalue weighted by Crippen LogP contribution is 2.08. The number of hydrogen-bond acceptors (Lipinski definition) is 5. The zero-order chi connectivity index (χ0) is 18.1. The summed E-state index contributed by atoms with van der Waals surface area (Å²) in [6.45, 7) is 10.1. The molecule has 0 unspecified atom stereocenters. The number of benzene rings is 1. The second kappa shape index (κ2) is 9.96. The molecule has 25 heavy (non-hydrogen) atoms. The van der Waals surface area contributed by atoms with Gasteiger partial charge in [0.05, 0.1) is 6.54 Å². The summed E-state index contributed by atoms with van der Waals surface area (Å²) in [5, 5.41) is 2.62. The largest absolute Gasteiger partial charge is 0.452 e. The van der Waals surface area contributed by atoms with Crippen LogP contribution in [0, 0.1) is 0 Å². The van der Waals surface area contributed by atoms with Gasteiger partial charge in [-0.15, -0.1) is 6.58 Å². The van der Waals surface area contributed by atoms with Gasteiger partial charge in [-0.2, -0.15) is 0 Å². The van der Waals surface area contributed by atoms with Crippen LogP contribution in [0.1, 0.15) is 12.5 Å². The van der Waals surface area contributed by atoms with Crippen molar-refractivity contribution in [2.24, 2.45) is 0 Å². The van der Waals surface area contributed by atoms with Gasteiger partial charge in [-0.3, -0.25) is 19.4 Å². The number of rotatable bonds is 8. The Labute approximate surface area is 149 Å². The summed E-state index contributed by atoms with van der Waals surface area (Å²) in [6, 6.07) is 10.4. The van der Waals surface area contributed by atoms with Crippen LogP contribution in [0.2, 0.25) is 0 Å². The van der Waals surface area contributed by atoms with Gasteiger partial charge in [0.1, 0.15) is 0 Å². The Balaban J connectivity index is 1.68. The molecule has 1 heterocycles. The van der Waals surface area contributed by atoms with Crippen molar-refractivity contribution in [1.82, 2.24) is 15.1 Å². The number of hydrogen-bond donors (Lipinski definition) is 1. The molecule has 1 atom stereocenters. The highest BCUT2D eigenvalue weighted by Gasteiger charge is 2.22. The number of carbonyl (C=O) groups excluding carboxylic acids is 2. The molecule has 0 saturated carbocycles. The zero-order valence-corrected chi connectivity index (χ0v) is 14.8. The molecule has 1 saturated heterocycles. The first kappa shape index (κ1) is 19.1. The van der Waals surface area contributed by atoms with E-state index in [1.54, 1.807) is 13.0 Å². The number of esters is 1. The summed E-state index contributed by atoms with van der Waals surface area (Å²) in [4.78, 5) is 28.1. The van der Waals surface area contributed by atoms with Crippen LogP contribution in [0.15, 0.2) is 43.0 Å². The number of piperazine rings is 1. The van der Waals surface area contributed by atoms with Gasteiger partial charge in [-0.25, -0.2) is 0 Å². The van der Waals surface area contributed by atoms with Gasteiger partial charge in [-0.1, -0.05) is 36.4 Å². The highest BCUT2D eigenvalue weighted by atomic mass is 16.5. The Kier molecular flexibility index (Phi) is 7.63. The summed E-state index contributed by atoms with van der Waals surface area (Å²) >= 11 is 0. The van der Waals surface area contributed by atoms with E-state index in [1.165, 1.54) is 5.56 Å². The fourth-order valence-electron chi connectivity index (χ4n) is 2.73. The van der Waals surface area contributed by atoms with Crippen LogP contribution >= 0.6 is 0 Å². The first-order chi connectivity index (χ1) is 12.1. The molecule has 1 aliphatic heterocycles. The van der Waals surface area contributed by atoms with Crippen molar-refractivity contribution in [2.75, 3.05) is 39.3 Å². The third kappa shape index (κ3) is 6.68. The molecule has 1 N–H and O–H groups in total. The standard InChI is InChI=1S/C19H27N3O3/c1-3-9-20-19(24)16(2)25-18(23)15-22-12-10-21(11-13-22)14-17-7-5-4-6-8-17/h3-8,16H,1,9-15H2,2H3,(H,20,24)/t16-/m1/s1. The van der Waals surface area contributed by atoms with Crippen LogP contribution in [-0.2, 0) is 20.9 Å². The van der Waals surface area contributed by atoms with E-state index in [2.05, 4.69) is 33.8 Å². The van der Waals surface area contributed by atoms with E-state index in [4.69, 9.17) is 4.74 Å². The van der Waals surface area contributed by atoms with Crippen molar-refractivity contribution in [3.05, 3.63) is 48.6 Å². The van der Waals surface area contributed by atoms with Gasteiger partial charge in [0.25, 0.3) is 5.91 Å². The number of amides is 1. The zero-order valence-electron chi connectivity index (χ0n) is 14.8. The smallest absolute Gasteiger partial charge is 0.320 e. The van der Waals surface area contributed by atoms with Crippen LogP contribution in [0.4, 0.5) is 0 Å². The molecule has 0 bridgehead atoms. The fourth-order valence-corrected chi connectivity index (χ4v) is 2.73. The minimum absolute atomic E-state index is 0.220. The predicted molar refractivity (Wildman–Crippen MR) is 96.9 cm³/mol. The van der Waals surface area contributed by atoms with E-state index in [9.17, 15) is 9.59 Å². The first-order valence-electron chi connectivity index (χ1n) is 8.65. The van der Waals surface area contributed by atoms with Crippen molar-refractivity contribution >= 4 is 11.9 Å². The molecule has 0 aliphatic carbocycles. The predicted octanol–water partition coefficient (Wildman–Crippen LogP) is 1.04. The molecular formula is C19H27N3O3. The van der Waals surface area contributed by atoms with Crippen LogP contribution in [0.25, 0.3) is 0 Å². The van der Waals surface area contributed by atoms with Gasteiger partial charge in [0, 0.05) is 39.3 Å². The van der Waals surface area contributed by atoms with Gasteiger partial charge < -0.3 is 10.1 Å². The Hall–Kier alpha value is -2.18. The molecule has 1 aromatic carbocycles. The average molecular weight is 345 g/mol. The van der Waals surface area contributed by atoms with Crippen LogP contribution in [0.3, 0.4) is 0 Å². The normalized spacial score (nSPS) is 16.8. The molecule has 136 valence electrons. The number of nitrogens with zero attached hydrogens (tertiary/aromatic N) is 2. The topological polar surface area (TPSA) is 61.9 Å². The van der Waals surface area contributed by atoms with Crippen LogP contribution < -0.4 is 5.32 Å². The summed E-state index contributed by atoms with van der Waals surface area (Å²) in [7, 11) is 0.